The highest BCUT2D eigenvalue weighted by Gasteiger charge is 2.32. The fraction of sp³-hybridized carbons (Fsp3) is 0.194. The van der Waals surface area contributed by atoms with Crippen molar-refractivity contribution in [3.8, 4) is 11.4 Å². The van der Waals surface area contributed by atoms with Crippen LogP contribution >= 0.6 is 0 Å². The Morgan fingerprint density at radius 3 is 1.82 bits per heavy atom. The minimum absolute atomic E-state index is 0.259. The molecule has 1 N–H and O–H groups in total. The van der Waals surface area contributed by atoms with Crippen molar-refractivity contribution in [3.63, 3.8) is 0 Å². The quantitative estimate of drug-likeness (QED) is 0.306. The van der Waals surface area contributed by atoms with Gasteiger partial charge in [-0.25, -0.2) is 4.68 Å². The molecule has 0 aliphatic heterocycles. The number of phenolic OH excluding ortho intramolecular Hbond substituents is 1. The molecule has 0 unspecified atom stereocenters. The van der Waals surface area contributed by atoms with E-state index in [1.165, 1.54) is 5.56 Å². The van der Waals surface area contributed by atoms with Crippen molar-refractivity contribution >= 4 is 10.9 Å². The van der Waals surface area contributed by atoms with Crippen LogP contribution in [-0.2, 0) is 10.8 Å². The Balaban J connectivity index is 1.78. The largest absolute Gasteiger partial charge is 0.505 e. The van der Waals surface area contributed by atoms with Gasteiger partial charge < -0.3 is 5.11 Å². The molecule has 1 heterocycles. The molecule has 4 aromatic carbocycles. The molecule has 3 nitrogen and oxygen atoms in total. The number of hydrogen-bond acceptors (Lipinski definition) is 2. The Morgan fingerprint density at radius 2 is 1.21 bits per heavy atom. The summed E-state index contributed by atoms with van der Waals surface area (Å²) in [6.45, 7) is 8.80. The van der Waals surface area contributed by atoms with Crippen molar-refractivity contribution in [3.05, 3.63) is 126 Å². The van der Waals surface area contributed by atoms with Gasteiger partial charge in [0.2, 0.25) is 0 Å². The highest BCUT2D eigenvalue weighted by Crippen LogP contribution is 2.44. The first kappa shape index (κ1) is 22.0. The lowest BCUT2D eigenvalue weighted by Crippen LogP contribution is -2.24. The van der Waals surface area contributed by atoms with E-state index >= 15 is 0 Å². The van der Waals surface area contributed by atoms with Crippen molar-refractivity contribution in [1.29, 1.82) is 0 Å². The number of phenols is 1. The van der Waals surface area contributed by atoms with Crippen LogP contribution in [-0.4, -0.2) is 14.9 Å². The van der Waals surface area contributed by atoms with Crippen LogP contribution in [0.2, 0.25) is 0 Å². The second-order valence-electron chi connectivity index (χ2n) is 10.0. The Morgan fingerprint density at radius 1 is 0.647 bits per heavy atom. The maximum absolute atomic E-state index is 11.7. The summed E-state index contributed by atoms with van der Waals surface area (Å²) in [4.78, 5) is 0. The lowest BCUT2D eigenvalue weighted by atomic mass is 9.72. The van der Waals surface area contributed by atoms with Gasteiger partial charge in [0.1, 0.15) is 11.4 Å². The third-order valence-corrected chi connectivity index (χ3v) is 7.14. The molecule has 170 valence electrons. The number of nitrogens with zero attached hydrogens (tertiary/aromatic N) is 2. The Bertz CT molecular complexity index is 1410. The number of aromatic nitrogens is 2. The maximum atomic E-state index is 11.7. The van der Waals surface area contributed by atoms with Crippen LogP contribution in [0.5, 0.6) is 5.75 Å². The standard InChI is InChI=1S/C31H30N2O/c1-30(2,23-14-7-5-8-15-23)25-19-26(31(3,4)24-16-9-6-10-17-24)29(34)28(20-25)33-21-22-13-11-12-18-27(22)32-33/h5-21,34H,1-4H3. The molecule has 0 saturated carbocycles. The van der Waals surface area contributed by atoms with Crippen LogP contribution in [0.1, 0.15) is 49.9 Å². The lowest BCUT2D eigenvalue weighted by molar-refractivity contribution is 0.447. The molecule has 34 heavy (non-hydrogen) atoms. The van der Waals surface area contributed by atoms with E-state index in [2.05, 4.69) is 76.2 Å². The van der Waals surface area contributed by atoms with Gasteiger partial charge in [-0.15, -0.1) is 0 Å². The summed E-state index contributed by atoms with van der Waals surface area (Å²) in [7, 11) is 0. The first-order valence-corrected chi connectivity index (χ1v) is 11.7. The second kappa shape index (κ2) is 8.18. The van der Waals surface area contributed by atoms with Crippen LogP contribution in [0.4, 0.5) is 0 Å². The third kappa shape index (κ3) is 3.67. The predicted molar refractivity (Wildman–Crippen MR) is 140 cm³/mol. The Labute approximate surface area is 201 Å². The second-order valence-corrected chi connectivity index (χ2v) is 10.0. The van der Waals surface area contributed by atoms with Gasteiger partial charge in [-0.05, 0) is 28.8 Å². The summed E-state index contributed by atoms with van der Waals surface area (Å²) in [6.07, 6.45) is 1.99. The van der Waals surface area contributed by atoms with Crippen LogP contribution < -0.4 is 0 Å². The molecule has 0 radical (unpaired) electrons. The molecule has 5 rings (SSSR count). The topological polar surface area (TPSA) is 38.0 Å². The van der Waals surface area contributed by atoms with E-state index < -0.39 is 5.41 Å². The van der Waals surface area contributed by atoms with Crippen molar-refractivity contribution in [2.45, 2.75) is 38.5 Å². The molecule has 0 fully saturated rings. The molecule has 5 aromatic rings. The van der Waals surface area contributed by atoms with E-state index in [4.69, 9.17) is 5.10 Å². The predicted octanol–water partition coefficient (Wildman–Crippen LogP) is 7.38. The monoisotopic (exact) mass is 446 g/mol. The molecule has 0 saturated heterocycles. The van der Waals surface area contributed by atoms with E-state index in [0.29, 0.717) is 5.69 Å². The zero-order chi connectivity index (χ0) is 23.9. The molecule has 0 amide bonds. The summed E-state index contributed by atoms with van der Waals surface area (Å²) in [6, 6.07) is 33.2. The van der Waals surface area contributed by atoms with E-state index in [0.717, 1.165) is 27.6 Å². The zero-order valence-corrected chi connectivity index (χ0v) is 20.2. The minimum atomic E-state index is -0.407. The SMILES string of the molecule is CC(C)(c1ccccc1)c1cc(-n2cc3ccccc3n2)c(O)c(C(C)(C)c2ccccc2)c1. The average Bonchev–Trinajstić information content (AvgIpc) is 3.29. The number of rotatable bonds is 5. The highest BCUT2D eigenvalue weighted by molar-refractivity contribution is 5.78. The molecule has 0 aliphatic carbocycles. The van der Waals surface area contributed by atoms with Gasteiger partial charge in [0.05, 0.1) is 5.52 Å². The van der Waals surface area contributed by atoms with Gasteiger partial charge in [0.15, 0.2) is 0 Å². The lowest BCUT2D eigenvalue weighted by Gasteiger charge is -2.32. The van der Waals surface area contributed by atoms with Crippen LogP contribution in [0.15, 0.2) is 103 Å². The van der Waals surface area contributed by atoms with Gasteiger partial charge >= 0.3 is 0 Å². The van der Waals surface area contributed by atoms with Gasteiger partial charge in [0.25, 0.3) is 0 Å². The summed E-state index contributed by atoms with van der Waals surface area (Å²) in [5.41, 5.74) is 5.31. The van der Waals surface area contributed by atoms with Crippen LogP contribution in [0.3, 0.4) is 0 Å². The van der Waals surface area contributed by atoms with E-state index in [-0.39, 0.29) is 11.2 Å². The van der Waals surface area contributed by atoms with E-state index in [1.54, 1.807) is 0 Å². The summed E-state index contributed by atoms with van der Waals surface area (Å²) in [5.74, 6) is 0.259. The molecule has 0 atom stereocenters. The number of hydrogen-bond donors (Lipinski definition) is 1. The van der Waals surface area contributed by atoms with Crippen molar-refractivity contribution in [1.82, 2.24) is 9.78 Å². The zero-order valence-electron chi connectivity index (χ0n) is 20.2. The van der Waals surface area contributed by atoms with Crippen LogP contribution in [0, 0.1) is 0 Å². The molecular weight excluding hydrogens is 416 g/mol. The number of fused-ring (bicyclic) bond motifs is 1. The maximum Gasteiger partial charge on any atom is 0.145 e. The smallest absolute Gasteiger partial charge is 0.145 e. The van der Waals surface area contributed by atoms with Crippen LogP contribution in [0.25, 0.3) is 16.6 Å². The van der Waals surface area contributed by atoms with Crippen molar-refractivity contribution in [2.24, 2.45) is 0 Å². The molecule has 3 heteroatoms. The van der Waals surface area contributed by atoms with Crippen molar-refractivity contribution < 1.29 is 5.11 Å². The molecule has 0 aliphatic rings. The highest BCUT2D eigenvalue weighted by atomic mass is 16.3. The molecule has 0 spiro atoms. The Hall–Kier alpha value is -3.85. The molecular formula is C31H30N2O. The fourth-order valence-corrected chi connectivity index (χ4v) is 4.75. The van der Waals surface area contributed by atoms with E-state index in [1.807, 2.05) is 59.4 Å². The fourth-order valence-electron chi connectivity index (χ4n) is 4.75. The first-order valence-electron chi connectivity index (χ1n) is 11.7. The number of benzene rings is 4. The molecule has 0 bridgehead atoms. The van der Waals surface area contributed by atoms with E-state index in [9.17, 15) is 5.11 Å². The third-order valence-electron chi connectivity index (χ3n) is 7.14. The van der Waals surface area contributed by atoms with Crippen molar-refractivity contribution in [2.75, 3.05) is 0 Å². The number of aromatic hydroxyl groups is 1. The van der Waals surface area contributed by atoms with Gasteiger partial charge in [-0.1, -0.05) is 113 Å². The summed E-state index contributed by atoms with van der Waals surface area (Å²) in [5, 5.41) is 17.5. The van der Waals surface area contributed by atoms with Gasteiger partial charge in [-0.2, -0.15) is 5.10 Å². The van der Waals surface area contributed by atoms with Gasteiger partial charge in [0, 0.05) is 28.0 Å². The average molecular weight is 447 g/mol. The van der Waals surface area contributed by atoms with Gasteiger partial charge in [-0.3, -0.25) is 0 Å². The Kier molecular flexibility index (Phi) is 5.28. The minimum Gasteiger partial charge on any atom is -0.505 e. The summed E-state index contributed by atoms with van der Waals surface area (Å²) < 4.78 is 1.81. The summed E-state index contributed by atoms with van der Waals surface area (Å²) >= 11 is 0. The molecule has 1 aromatic heterocycles. The normalized spacial score (nSPS) is 12.2. The first-order chi connectivity index (χ1) is 16.3.